The molecule has 1 aromatic heterocycles. The molecule has 2 atom stereocenters. The van der Waals surface area contributed by atoms with Gasteiger partial charge in [-0.2, -0.15) is 13.2 Å². The zero-order valence-corrected chi connectivity index (χ0v) is 16.5. The molecule has 1 fully saturated rings. The third-order valence-corrected chi connectivity index (χ3v) is 6.01. The van der Waals surface area contributed by atoms with Crippen molar-refractivity contribution in [3.05, 3.63) is 36.5 Å². The van der Waals surface area contributed by atoms with Gasteiger partial charge in [0.05, 0.1) is 17.6 Å². The topological polar surface area (TPSA) is 46.9 Å². The van der Waals surface area contributed by atoms with Gasteiger partial charge in [0.2, 0.25) is 5.91 Å². The number of carbonyl (C=O) groups excluding carboxylic acids is 1. The maximum Gasteiger partial charge on any atom is 0.406 e. The number of aromatic nitrogens is 2. The van der Waals surface area contributed by atoms with Crippen molar-refractivity contribution in [2.45, 2.75) is 56.5 Å². The highest BCUT2D eigenvalue weighted by molar-refractivity contribution is 7.99. The number of carbonyl (C=O) groups is 1. The van der Waals surface area contributed by atoms with Gasteiger partial charge >= 0.3 is 6.18 Å². The van der Waals surface area contributed by atoms with Crippen LogP contribution >= 0.6 is 11.8 Å². The normalized spacial score (nSPS) is 20.1. The Morgan fingerprint density at radius 1 is 1.25 bits per heavy atom. The molecule has 0 spiro atoms. The lowest BCUT2D eigenvalue weighted by Gasteiger charge is -2.29. The van der Waals surface area contributed by atoms with E-state index >= 15 is 0 Å². The number of alkyl halides is 3. The van der Waals surface area contributed by atoms with Gasteiger partial charge < -0.3 is 9.88 Å². The van der Waals surface area contributed by atoms with Crippen LogP contribution in [0.15, 0.2) is 41.7 Å². The molecule has 0 bridgehead atoms. The quantitative estimate of drug-likeness (QED) is 0.688. The van der Waals surface area contributed by atoms with Crippen LogP contribution in [0.2, 0.25) is 0 Å². The van der Waals surface area contributed by atoms with Crippen molar-refractivity contribution in [3.63, 3.8) is 0 Å². The number of halogens is 3. The van der Waals surface area contributed by atoms with Gasteiger partial charge in [0.25, 0.3) is 0 Å². The van der Waals surface area contributed by atoms with Crippen molar-refractivity contribution in [1.29, 1.82) is 0 Å². The number of benzene rings is 1. The maximum atomic E-state index is 13.1. The molecule has 2 unspecified atom stereocenters. The van der Waals surface area contributed by atoms with Crippen molar-refractivity contribution in [2.24, 2.45) is 5.92 Å². The lowest BCUT2D eigenvalue weighted by atomic mass is 9.86. The molecule has 0 radical (unpaired) electrons. The van der Waals surface area contributed by atoms with E-state index in [4.69, 9.17) is 0 Å². The Kier molecular flexibility index (Phi) is 6.69. The first-order chi connectivity index (χ1) is 13.3. The highest BCUT2D eigenvalue weighted by Gasteiger charge is 2.31. The van der Waals surface area contributed by atoms with Crippen molar-refractivity contribution in [2.75, 3.05) is 5.75 Å². The number of hydrogen-bond donors (Lipinski definition) is 1. The Morgan fingerprint density at radius 3 is 2.64 bits per heavy atom. The molecule has 0 saturated heterocycles. The number of imidazole rings is 1. The Balaban J connectivity index is 1.70. The van der Waals surface area contributed by atoms with Crippen LogP contribution in [0.4, 0.5) is 13.2 Å². The van der Waals surface area contributed by atoms with Crippen molar-refractivity contribution < 1.29 is 18.0 Å². The summed E-state index contributed by atoms with van der Waals surface area (Å²) in [6, 6.07) is 8.99. The lowest BCUT2D eigenvalue weighted by molar-refractivity contribution is -0.141. The largest absolute Gasteiger partial charge is 0.406 e. The van der Waals surface area contributed by atoms with E-state index in [1.54, 1.807) is 30.3 Å². The molecule has 1 saturated carbocycles. The van der Waals surface area contributed by atoms with Gasteiger partial charge in [0.15, 0.2) is 5.16 Å². The van der Waals surface area contributed by atoms with Crippen LogP contribution in [0.1, 0.15) is 32.6 Å². The summed E-state index contributed by atoms with van der Waals surface area (Å²) in [5.41, 5.74) is 1.05. The number of amides is 1. The van der Waals surface area contributed by atoms with Crippen LogP contribution < -0.4 is 5.32 Å². The average Bonchev–Trinajstić information content (AvgIpc) is 3.03. The molecule has 1 aromatic carbocycles. The standard InChI is InChI=1S/C20H24F3N3OS/c1-14-7-5-6-10-16(14)25-18(27)12-28-19-24-11-17(15-8-3-2-4-9-15)26(19)13-20(21,22)23/h2-4,8-9,11,14,16H,5-7,10,12-13H2,1H3,(H,25,27). The second-order valence-electron chi connectivity index (χ2n) is 7.22. The van der Waals surface area contributed by atoms with E-state index < -0.39 is 12.7 Å². The summed E-state index contributed by atoms with van der Waals surface area (Å²) in [5.74, 6) is 0.318. The number of hydrogen-bond acceptors (Lipinski definition) is 3. The van der Waals surface area contributed by atoms with Crippen LogP contribution in [0.5, 0.6) is 0 Å². The second-order valence-corrected chi connectivity index (χ2v) is 8.16. The zero-order valence-electron chi connectivity index (χ0n) is 15.7. The molecule has 1 aliphatic rings. The molecule has 1 aliphatic carbocycles. The van der Waals surface area contributed by atoms with Crippen LogP contribution in [0.3, 0.4) is 0 Å². The Bertz CT molecular complexity index is 792. The summed E-state index contributed by atoms with van der Waals surface area (Å²) in [7, 11) is 0. The van der Waals surface area contributed by atoms with Crippen LogP contribution in [-0.4, -0.2) is 33.4 Å². The van der Waals surface area contributed by atoms with Gasteiger partial charge in [-0.05, 0) is 24.3 Å². The van der Waals surface area contributed by atoms with E-state index in [9.17, 15) is 18.0 Å². The lowest BCUT2D eigenvalue weighted by Crippen LogP contribution is -2.41. The van der Waals surface area contributed by atoms with E-state index in [-0.39, 0.29) is 22.9 Å². The molecule has 1 heterocycles. The second kappa shape index (κ2) is 9.03. The van der Waals surface area contributed by atoms with Crippen LogP contribution in [0.25, 0.3) is 11.3 Å². The summed E-state index contributed by atoms with van der Waals surface area (Å²) in [4.78, 5) is 16.5. The first kappa shape index (κ1) is 20.8. The number of thioether (sulfide) groups is 1. The number of nitrogens with one attached hydrogen (secondary N) is 1. The molecular weight excluding hydrogens is 387 g/mol. The van der Waals surface area contributed by atoms with E-state index in [1.807, 2.05) is 0 Å². The van der Waals surface area contributed by atoms with Crippen molar-refractivity contribution in [1.82, 2.24) is 14.9 Å². The highest BCUT2D eigenvalue weighted by Crippen LogP contribution is 2.30. The zero-order chi connectivity index (χ0) is 20.1. The molecule has 1 amide bonds. The van der Waals surface area contributed by atoms with Crippen molar-refractivity contribution in [3.8, 4) is 11.3 Å². The van der Waals surface area contributed by atoms with Gasteiger partial charge in [-0.25, -0.2) is 4.98 Å². The van der Waals surface area contributed by atoms with Crippen LogP contribution in [0, 0.1) is 5.92 Å². The maximum absolute atomic E-state index is 13.1. The monoisotopic (exact) mass is 411 g/mol. The summed E-state index contributed by atoms with van der Waals surface area (Å²) < 4.78 is 40.5. The van der Waals surface area contributed by atoms with Crippen molar-refractivity contribution >= 4 is 17.7 Å². The molecule has 8 heteroatoms. The third kappa shape index (κ3) is 5.53. The van der Waals surface area contributed by atoms with E-state index in [0.717, 1.165) is 35.6 Å². The van der Waals surface area contributed by atoms with Gasteiger partial charge in [0.1, 0.15) is 6.54 Å². The summed E-state index contributed by atoms with van der Waals surface area (Å²) in [5, 5.41) is 3.22. The Labute approximate surface area is 166 Å². The minimum Gasteiger partial charge on any atom is -0.352 e. The van der Waals surface area contributed by atoms with Gasteiger partial charge in [-0.1, -0.05) is 61.9 Å². The molecule has 0 aliphatic heterocycles. The third-order valence-electron chi connectivity index (χ3n) is 5.02. The molecule has 3 rings (SSSR count). The molecule has 1 N–H and O–H groups in total. The fourth-order valence-corrected chi connectivity index (χ4v) is 4.34. The number of rotatable bonds is 6. The fourth-order valence-electron chi connectivity index (χ4n) is 3.55. The first-order valence-corrected chi connectivity index (χ1v) is 10.4. The van der Waals surface area contributed by atoms with Gasteiger partial charge in [-0.15, -0.1) is 0 Å². The smallest absolute Gasteiger partial charge is 0.352 e. The minimum absolute atomic E-state index is 0.0479. The van der Waals surface area contributed by atoms with Gasteiger partial charge in [0, 0.05) is 6.04 Å². The average molecular weight is 411 g/mol. The fraction of sp³-hybridized carbons (Fsp3) is 0.500. The molecular formula is C20H24F3N3OS. The SMILES string of the molecule is CC1CCCCC1NC(=O)CSc1ncc(-c2ccccc2)n1CC(F)(F)F. The van der Waals surface area contributed by atoms with E-state index in [0.29, 0.717) is 17.2 Å². The minimum atomic E-state index is -4.38. The summed E-state index contributed by atoms with van der Waals surface area (Å²) in [6.45, 7) is 0.986. The Hall–Kier alpha value is -1.96. The van der Waals surface area contributed by atoms with E-state index in [1.165, 1.54) is 12.6 Å². The van der Waals surface area contributed by atoms with Gasteiger partial charge in [-0.3, -0.25) is 4.79 Å². The summed E-state index contributed by atoms with van der Waals surface area (Å²) >= 11 is 1.04. The predicted molar refractivity (Wildman–Crippen MR) is 104 cm³/mol. The first-order valence-electron chi connectivity index (χ1n) is 9.43. The molecule has 2 aromatic rings. The van der Waals surface area contributed by atoms with E-state index in [2.05, 4.69) is 17.2 Å². The predicted octanol–water partition coefficient (Wildman–Crippen LogP) is 4.90. The Morgan fingerprint density at radius 2 is 1.96 bits per heavy atom. The summed E-state index contributed by atoms with van der Waals surface area (Å²) in [6.07, 6.45) is 1.38. The highest BCUT2D eigenvalue weighted by atomic mass is 32.2. The number of nitrogens with zero attached hydrogens (tertiary/aromatic N) is 2. The van der Waals surface area contributed by atoms with Crippen LogP contribution in [-0.2, 0) is 11.3 Å². The molecule has 152 valence electrons. The molecule has 28 heavy (non-hydrogen) atoms. The molecule has 4 nitrogen and oxygen atoms in total.